The third-order valence-corrected chi connectivity index (χ3v) is 6.24. The number of carbonyl (C=O) groups is 2. The molecule has 148 valence electrons. The monoisotopic (exact) mass is 364 g/mol. The van der Waals surface area contributed by atoms with Crippen molar-refractivity contribution < 1.29 is 9.59 Å². The van der Waals surface area contributed by atoms with Crippen molar-refractivity contribution >= 4 is 11.9 Å². The van der Waals surface area contributed by atoms with Crippen LogP contribution in [0.4, 0.5) is 4.79 Å². The molecule has 1 atom stereocenters. The van der Waals surface area contributed by atoms with Gasteiger partial charge >= 0.3 is 6.03 Å². The van der Waals surface area contributed by atoms with Crippen LogP contribution in [0.15, 0.2) is 0 Å². The highest BCUT2D eigenvalue weighted by molar-refractivity contribution is 5.81. The Morgan fingerprint density at radius 1 is 1.08 bits per heavy atom. The van der Waals surface area contributed by atoms with Crippen molar-refractivity contribution in [3.05, 3.63) is 0 Å². The quantitative estimate of drug-likeness (QED) is 0.787. The minimum absolute atomic E-state index is 0.0282. The minimum Gasteiger partial charge on any atom is -0.339 e. The average molecular weight is 365 g/mol. The minimum atomic E-state index is -0.0282. The van der Waals surface area contributed by atoms with Crippen LogP contribution in [0, 0.1) is 5.92 Å². The normalized spacial score (nSPS) is 25.3. The first kappa shape index (κ1) is 19.5. The second-order valence-electron chi connectivity index (χ2n) is 8.23. The van der Waals surface area contributed by atoms with Crippen molar-refractivity contribution in [1.29, 1.82) is 0 Å². The molecule has 3 fully saturated rings. The molecule has 0 aromatic heterocycles. The highest BCUT2D eigenvalue weighted by Crippen LogP contribution is 2.24. The molecule has 1 saturated carbocycles. The molecular formula is C20H36N4O2. The molecule has 0 spiro atoms. The van der Waals surface area contributed by atoms with E-state index in [0.29, 0.717) is 18.6 Å². The fourth-order valence-electron chi connectivity index (χ4n) is 4.77. The van der Waals surface area contributed by atoms with E-state index in [0.717, 1.165) is 71.1 Å². The molecule has 1 unspecified atom stereocenters. The molecule has 0 aromatic carbocycles. The number of urea groups is 1. The van der Waals surface area contributed by atoms with E-state index in [4.69, 9.17) is 0 Å². The first-order valence-corrected chi connectivity index (χ1v) is 10.8. The predicted octanol–water partition coefficient (Wildman–Crippen LogP) is 2.34. The molecule has 2 saturated heterocycles. The Kier molecular flexibility index (Phi) is 7.17. The molecule has 2 N–H and O–H groups in total. The smallest absolute Gasteiger partial charge is 0.317 e. The van der Waals surface area contributed by atoms with E-state index in [9.17, 15) is 9.59 Å². The lowest BCUT2D eigenvalue weighted by molar-refractivity contribution is -0.140. The summed E-state index contributed by atoms with van der Waals surface area (Å²) in [5.74, 6) is 0.247. The number of rotatable bonds is 5. The average Bonchev–Trinajstić information content (AvgIpc) is 3.19. The van der Waals surface area contributed by atoms with Gasteiger partial charge < -0.3 is 20.4 Å². The zero-order chi connectivity index (χ0) is 18.4. The maximum Gasteiger partial charge on any atom is 0.317 e. The summed E-state index contributed by atoms with van der Waals surface area (Å²) in [6, 6.07) is 0.745. The van der Waals surface area contributed by atoms with Crippen molar-refractivity contribution in [3.63, 3.8) is 0 Å². The van der Waals surface area contributed by atoms with E-state index in [-0.39, 0.29) is 17.9 Å². The van der Waals surface area contributed by atoms with E-state index in [1.807, 2.05) is 4.90 Å². The number of nitrogens with one attached hydrogen (secondary N) is 2. The molecular weight excluding hydrogens is 328 g/mol. The van der Waals surface area contributed by atoms with Crippen LogP contribution in [-0.2, 0) is 4.79 Å². The topological polar surface area (TPSA) is 64.7 Å². The zero-order valence-electron chi connectivity index (χ0n) is 16.3. The lowest BCUT2D eigenvalue weighted by atomic mass is 9.94. The third kappa shape index (κ3) is 4.90. The van der Waals surface area contributed by atoms with Gasteiger partial charge in [0.2, 0.25) is 5.91 Å². The summed E-state index contributed by atoms with van der Waals surface area (Å²) in [5, 5.41) is 6.57. The van der Waals surface area contributed by atoms with Crippen LogP contribution >= 0.6 is 0 Å². The lowest BCUT2D eigenvalue weighted by Gasteiger charge is -2.39. The fourth-order valence-corrected chi connectivity index (χ4v) is 4.77. The Hall–Kier alpha value is -1.30. The van der Waals surface area contributed by atoms with Crippen molar-refractivity contribution in [3.8, 4) is 0 Å². The number of hydrogen-bond donors (Lipinski definition) is 2. The summed E-state index contributed by atoms with van der Waals surface area (Å²) in [4.78, 5) is 29.9. The van der Waals surface area contributed by atoms with Gasteiger partial charge in [-0.15, -0.1) is 0 Å². The molecule has 0 radical (unpaired) electrons. The molecule has 3 aliphatic rings. The summed E-state index contributed by atoms with van der Waals surface area (Å²) in [6.45, 7) is 6.35. The maximum absolute atomic E-state index is 13.2. The van der Waals surface area contributed by atoms with Crippen molar-refractivity contribution in [2.24, 2.45) is 5.92 Å². The van der Waals surface area contributed by atoms with E-state index in [1.165, 1.54) is 12.8 Å². The van der Waals surface area contributed by atoms with Gasteiger partial charge in [-0.05, 0) is 58.0 Å². The molecule has 26 heavy (non-hydrogen) atoms. The van der Waals surface area contributed by atoms with Crippen LogP contribution in [0.3, 0.4) is 0 Å². The summed E-state index contributed by atoms with van der Waals surface area (Å²) in [6.07, 6.45) is 9.56. The Balaban J connectivity index is 1.57. The molecule has 0 aromatic rings. The molecule has 2 heterocycles. The number of carbonyl (C=O) groups excluding carboxylic acids is 2. The SMILES string of the molecule is CCCN(C(=O)C1CCCN(C(=O)NC2CCCC2)C1)C1CCNCC1. The Morgan fingerprint density at radius 2 is 1.81 bits per heavy atom. The van der Waals surface area contributed by atoms with Gasteiger partial charge in [0.05, 0.1) is 5.92 Å². The van der Waals surface area contributed by atoms with Crippen molar-refractivity contribution in [2.75, 3.05) is 32.7 Å². The van der Waals surface area contributed by atoms with Crippen LogP contribution in [0.25, 0.3) is 0 Å². The van der Waals surface area contributed by atoms with Gasteiger partial charge in [-0.3, -0.25) is 4.79 Å². The summed E-state index contributed by atoms with van der Waals surface area (Å²) < 4.78 is 0. The fraction of sp³-hybridized carbons (Fsp3) is 0.900. The van der Waals surface area contributed by atoms with Gasteiger partial charge in [0.1, 0.15) is 0 Å². The van der Waals surface area contributed by atoms with Crippen molar-refractivity contribution in [1.82, 2.24) is 20.4 Å². The molecule has 6 nitrogen and oxygen atoms in total. The third-order valence-electron chi connectivity index (χ3n) is 6.24. The standard InChI is InChI=1S/C20H36N4O2/c1-2-13-24(18-9-11-21-12-10-18)19(25)16-6-5-14-23(15-16)20(26)22-17-7-3-4-8-17/h16-18,21H,2-15H2,1H3,(H,22,26). The van der Waals surface area contributed by atoms with Crippen LogP contribution in [0.2, 0.25) is 0 Å². The summed E-state index contributed by atoms with van der Waals surface area (Å²) in [5.41, 5.74) is 0. The summed E-state index contributed by atoms with van der Waals surface area (Å²) >= 11 is 0. The number of amides is 3. The van der Waals surface area contributed by atoms with Crippen LogP contribution in [0.1, 0.15) is 64.7 Å². The van der Waals surface area contributed by atoms with E-state index < -0.39 is 0 Å². The van der Waals surface area contributed by atoms with Crippen molar-refractivity contribution in [2.45, 2.75) is 76.8 Å². The van der Waals surface area contributed by atoms with E-state index in [2.05, 4.69) is 22.5 Å². The number of piperidine rings is 2. The second kappa shape index (κ2) is 9.58. The number of nitrogens with zero attached hydrogens (tertiary/aromatic N) is 2. The van der Waals surface area contributed by atoms with Gasteiger partial charge in [0, 0.05) is 31.7 Å². The predicted molar refractivity (Wildman–Crippen MR) is 103 cm³/mol. The molecule has 1 aliphatic carbocycles. The van der Waals surface area contributed by atoms with Crippen LogP contribution in [0.5, 0.6) is 0 Å². The van der Waals surface area contributed by atoms with E-state index >= 15 is 0 Å². The summed E-state index contributed by atoms with van der Waals surface area (Å²) in [7, 11) is 0. The number of likely N-dealkylation sites (tertiary alicyclic amines) is 1. The molecule has 6 heteroatoms. The lowest BCUT2D eigenvalue weighted by Crippen LogP contribution is -2.53. The first-order chi connectivity index (χ1) is 12.7. The number of hydrogen-bond acceptors (Lipinski definition) is 3. The molecule has 3 amide bonds. The largest absolute Gasteiger partial charge is 0.339 e. The highest BCUT2D eigenvalue weighted by Gasteiger charge is 2.34. The van der Waals surface area contributed by atoms with Gasteiger partial charge in [-0.2, -0.15) is 0 Å². The zero-order valence-corrected chi connectivity index (χ0v) is 16.3. The van der Waals surface area contributed by atoms with Gasteiger partial charge in [-0.25, -0.2) is 4.79 Å². The second-order valence-corrected chi connectivity index (χ2v) is 8.23. The Morgan fingerprint density at radius 3 is 2.50 bits per heavy atom. The Labute approximate surface area is 158 Å². The van der Waals surface area contributed by atoms with Crippen LogP contribution in [-0.4, -0.2) is 66.5 Å². The maximum atomic E-state index is 13.2. The van der Waals surface area contributed by atoms with E-state index in [1.54, 1.807) is 0 Å². The molecule has 0 bridgehead atoms. The van der Waals surface area contributed by atoms with Gasteiger partial charge in [0.15, 0.2) is 0 Å². The Bertz CT molecular complexity index is 472. The van der Waals surface area contributed by atoms with Crippen LogP contribution < -0.4 is 10.6 Å². The molecule has 3 rings (SSSR count). The highest BCUT2D eigenvalue weighted by atomic mass is 16.2. The molecule has 2 aliphatic heterocycles. The first-order valence-electron chi connectivity index (χ1n) is 10.8. The van der Waals surface area contributed by atoms with Gasteiger partial charge in [-0.1, -0.05) is 19.8 Å². The van der Waals surface area contributed by atoms with Gasteiger partial charge in [0.25, 0.3) is 0 Å².